The van der Waals surface area contributed by atoms with E-state index in [9.17, 15) is 4.79 Å². The number of nitrogens with zero attached hydrogens (tertiary/aromatic N) is 1. The average Bonchev–Trinajstić information content (AvgIpc) is 2.49. The first-order valence-electron chi connectivity index (χ1n) is 6.40. The van der Waals surface area contributed by atoms with Crippen molar-refractivity contribution in [3.05, 3.63) is 66.2 Å². The van der Waals surface area contributed by atoms with Crippen molar-refractivity contribution in [2.45, 2.75) is 12.8 Å². The summed E-state index contributed by atoms with van der Waals surface area (Å²) in [4.78, 5) is 10.7. The van der Waals surface area contributed by atoms with Crippen LogP contribution in [0.2, 0.25) is 0 Å². The van der Waals surface area contributed by atoms with Crippen LogP contribution in [0.3, 0.4) is 0 Å². The molecule has 0 aliphatic carbocycles. The summed E-state index contributed by atoms with van der Waals surface area (Å²) in [6, 6.07) is 19.2. The van der Waals surface area contributed by atoms with E-state index in [-0.39, 0.29) is 6.42 Å². The fourth-order valence-corrected chi connectivity index (χ4v) is 1.77. The van der Waals surface area contributed by atoms with Gasteiger partial charge in [-0.3, -0.25) is 10.2 Å². The first-order chi connectivity index (χ1) is 9.75. The second kappa shape index (κ2) is 7.09. The number of rotatable bonds is 6. The zero-order valence-electron chi connectivity index (χ0n) is 11.0. The molecule has 0 atom stereocenters. The van der Waals surface area contributed by atoms with Gasteiger partial charge in [-0.15, -0.1) is 0 Å². The van der Waals surface area contributed by atoms with Gasteiger partial charge < -0.3 is 5.11 Å². The first-order valence-corrected chi connectivity index (χ1v) is 6.40. The zero-order valence-corrected chi connectivity index (χ0v) is 11.0. The quantitative estimate of drug-likeness (QED) is 0.623. The molecule has 0 radical (unpaired) electrons. The summed E-state index contributed by atoms with van der Waals surface area (Å²) in [7, 11) is 0. The number of para-hydroxylation sites is 1. The Labute approximate surface area is 117 Å². The van der Waals surface area contributed by atoms with Crippen molar-refractivity contribution < 1.29 is 9.90 Å². The number of carboxylic acids is 1. The minimum Gasteiger partial charge on any atom is -0.481 e. The Balaban J connectivity index is 2.15. The minimum absolute atomic E-state index is 0.0597. The highest BCUT2D eigenvalue weighted by atomic mass is 16.4. The normalized spacial score (nSPS) is 11.1. The summed E-state index contributed by atoms with van der Waals surface area (Å²) in [5.41, 5.74) is 5.49. The molecule has 20 heavy (non-hydrogen) atoms. The Morgan fingerprint density at radius 3 is 2.15 bits per heavy atom. The van der Waals surface area contributed by atoms with Gasteiger partial charge in [0.2, 0.25) is 0 Å². The first kappa shape index (κ1) is 13.8. The summed E-state index contributed by atoms with van der Waals surface area (Å²) in [6.45, 7) is 0. The largest absolute Gasteiger partial charge is 0.481 e. The van der Waals surface area contributed by atoms with Crippen LogP contribution in [-0.2, 0) is 4.79 Å². The number of nitrogens with one attached hydrogen (secondary N) is 1. The highest BCUT2D eigenvalue weighted by molar-refractivity contribution is 6.02. The van der Waals surface area contributed by atoms with Crippen LogP contribution in [-0.4, -0.2) is 16.8 Å². The van der Waals surface area contributed by atoms with Crippen LogP contribution in [0.15, 0.2) is 65.8 Å². The number of anilines is 1. The van der Waals surface area contributed by atoms with Gasteiger partial charge in [0, 0.05) is 6.42 Å². The van der Waals surface area contributed by atoms with E-state index in [4.69, 9.17) is 5.11 Å². The Hall–Kier alpha value is -2.62. The molecule has 2 N–H and O–H groups in total. The van der Waals surface area contributed by atoms with Crippen molar-refractivity contribution in [3.8, 4) is 0 Å². The van der Waals surface area contributed by atoms with Gasteiger partial charge in [-0.05, 0) is 17.7 Å². The highest BCUT2D eigenvalue weighted by Crippen LogP contribution is 2.10. The fraction of sp³-hybridized carbons (Fsp3) is 0.125. The summed E-state index contributed by atoms with van der Waals surface area (Å²) in [5, 5.41) is 13.2. The molecule has 0 unspecified atom stereocenters. The summed E-state index contributed by atoms with van der Waals surface area (Å²) < 4.78 is 0. The van der Waals surface area contributed by atoms with Gasteiger partial charge in [0.05, 0.1) is 17.8 Å². The van der Waals surface area contributed by atoms with Crippen molar-refractivity contribution in [1.29, 1.82) is 0 Å². The predicted octanol–water partition coefficient (Wildman–Crippen LogP) is 3.37. The second-order valence-corrected chi connectivity index (χ2v) is 4.30. The molecule has 0 heterocycles. The van der Waals surface area contributed by atoms with Crippen LogP contribution in [0, 0.1) is 0 Å². The maximum atomic E-state index is 10.7. The molecule has 4 nitrogen and oxygen atoms in total. The average molecular weight is 268 g/mol. The lowest BCUT2D eigenvalue weighted by Gasteiger charge is -2.07. The van der Waals surface area contributed by atoms with E-state index in [1.807, 2.05) is 60.7 Å². The maximum absolute atomic E-state index is 10.7. The Bertz CT molecular complexity index is 580. The van der Waals surface area contributed by atoms with Crippen molar-refractivity contribution in [2.24, 2.45) is 5.10 Å². The monoisotopic (exact) mass is 268 g/mol. The molecule has 0 saturated carbocycles. The van der Waals surface area contributed by atoms with Crippen molar-refractivity contribution in [2.75, 3.05) is 5.43 Å². The maximum Gasteiger partial charge on any atom is 0.303 e. The van der Waals surface area contributed by atoms with Crippen LogP contribution in [0.1, 0.15) is 18.4 Å². The Morgan fingerprint density at radius 2 is 1.55 bits per heavy atom. The van der Waals surface area contributed by atoms with Crippen molar-refractivity contribution >= 4 is 17.4 Å². The molecular formula is C16H16N2O2. The smallest absolute Gasteiger partial charge is 0.303 e. The molecule has 0 fully saturated rings. The molecule has 2 aromatic carbocycles. The predicted molar refractivity (Wildman–Crippen MR) is 79.9 cm³/mol. The fourth-order valence-electron chi connectivity index (χ4n) is 1.77. The van der Waals surface area contributed by atoms with Crippen LogP contribution in [0.4, 0.5) is 5.69 Å². The molecule has 0 aliphatic rings. The Kier molecular flexibility index (Phi) is 4.89. The number of aliphatic carboxylic acids is 1. The number of hydrazone groups is 1. The number of benzene rings is 2. The molecule has 0 spiro atoms. The molecule has 0 aromatic heterocycles. The van der Waals surface area contributed by atoms with Crippen molar-refractivity contribution in [1.82, 2.24) is 0 Å². The van der Waals surface area contributed by atoms with Gasteiger partial charge in [-0.1, -0.05) is 48.5 Å². The van der Waals surface area contributed by atoms with E-state index in [0.29, 0.717) is 6.42 Å². The topological polar surface area (TPSA) is 61.7 Å². The van der Waals surface area contributed by atoms with Gasteiger partial charge in [0.25, 0.3) is 0 Å². The molecular weight excluding hydrogens is 252 g/mol. The van der Waals surface area contributed by atoms with E-state index >= 15 is 0 Å². The van der Waals surface area contributed by atoms with Crippen LogP contribution in [0.25, 0.3) is 0 Å². The minimum atomic E-state index is -0.826. The van der Waals surface area contributed by atoms with Crippen molar-refractivity contribution in [3.63, 3.8) is 0 Å². The lowest BCUT2D eigenvalue weighted by molar-refractivity contribution is -0.136. The summed E-state index contributed by atoms with van der Waals surface area (Å²) in [6.07, 6.45) is 0.448. The molecule has 0 saturated heterocycles. The number of carboxylic acid groups (broad SMARTS) is 1. The zero-order chi connectivity index (χ0) is 14.2. The van der Waals surface area contributed by atoms with E-state index in [0.717, 1.165) is 17.0 Å². The standard InChI is InChI=1S/C16H16N2O2/c19-16(20)12-11-15(13-7-3-1-4-8-13)18-17-14-9-5-2-6-10-14/h1-10,17H,11-12H2,(H,19,20)/b18-15-. The second-order valence-electron chi connectivity index (χ2n) is 4.30. The van der Waals surface area contributed by atoms with Gasteiger partial charge >= 0.3 is 5.97 Å². The lowest BCUT2D eigenvalue weighted by atomic mass is 10.1. The molecule has 0 amide bonds. The van der Waals surface area contributed by atoms with Gasteiger partial charge in [-0.25, -0.2) is 0 Å². The Morgan fingerprint density at radius 1 is 0.950 bits per heavy atom. The highest BCUT2D eigenvalue weighted by Gasteiger charge is 2.06. The summed E-state index contributed by atoms with van der Waals surface area (Å²) in [5.74, 6) is -0.826. The third kappa shape index (κ3) is 4.24. The third-order valence-corrected chi connectivity index (χ3v) is 2.78. The van der Waals surface area contributed by atoms with E-state index in [1.54, 1.807) is 0 Å². The molecule has 2 aromatic rings. The van der Waals surface area contributed by atoms with Gasteiger partial charge in [0.15, 0.2) is 0 Å². The molecule has 2 rings (SSSR count). The number of carbonyl (C=O) groups is 1. The SMILES string of the molecule is O=C(O)CC/C(=N/Nc1ccccc1)c1ccccc1. The van der Waals surface area contributed by atoms with E-state index < -0.39 is 5.97 Å². The number of hydrogen-bond donors (Lipinski definition) is 2. The molecule has 0 aliphatic heterocycles. The molecule has 0 bridgehead atoms. The van der Waals surface area contributed by atoms with Crippen LogP contribution < -0.4 is 5.43 Å². The van der Waals surface area contributed by atoms with E-state index in [1.165, 1.54) is 0 Å². The van der Waals surface area contributed by atoms with Crippen LogP contribution >= 0.6 is 0 Å². The van der Waals surface area contributed by atoms with Gasteiger partial charge in [-0.2, -0.15) is 5.10 Å². The summed E-state index contributed by atoms with van der Waals surface area (Å²) >= 11 is 0. The van der Waals surface area contributed by atoms with Gasteiger partial charge in [0.1, 0.15) is 0 Å². The lowest BCUT2D eigenvalue weighted by Crippen LogP contribution is -2.07. The van der Waals surface area contributed by atoms with E-state index in [2.05, 4.69) is 10.5 Å². The third-order valence-electron chi connectivity index (χ3n) is 2.78. The van der Waals surface area contributed by atoms with Crippen LogP contribution in [0.5, 0.6) is 0 Å². The molecule has 4 heteroatoms. The molecule has 102 valence electrons. The number of hydrogen-bond acceptors (Lipinski definition) is 3.